The fourth-order valence-corrected chi connectivity index (χ4v) is 2.68. The Morgan fingerprint density at radius 3 is 2.73 bits per heavy atom. The van der Waals surface area contributed by atoms with Crippen molar-refractivity contribution in [2.24, 2.45) is 0 Å². The van der Waals surface area contributed by atoms with E-state index in [0.29, 0.717) is 12.0 Å². The average Bonchev–Trinajstić information content (AvgIpc) is 2.83. The molecule has 1 aromatic rings. The molecule has 1 unspecified atom stereocenters. The van der Waals surface area contributed by atoms with Crippen LogP contribution in [0.15, 0.2) is 23.1 Å². The molecule has 1 aromatic carbocycles. The summed E-state index contributed by atoms with van der Waals surface area (Å²) in [4.78, 5) is 23.2. The zero-order chi connectivity index (χ0) is 16.3. The molecule has 0 saturated carbocycles. The molecule has 1 aliphatic heterocycles. The molecule has 0 aliphatic carbocycles. The first-order valence-corrected chi connectivity index (χ1v) is 8.25. The zero-order valence-corrected chi connectivity index (χ0v) is 12.8. The van der Waals surface area contributed by atoms with Crippen LogP contribution in [-0.2, 0) is 30.8 Å². The Bertz CT molecular complexity index is 693. The van der Waals surface area contributed by atoms with Crippen molar-refractivity contribution < 1.29 is 32.0 Å². The molecule has 1 atom stereocenters. The van der Waals surface area contributed by atoms with Gasteiger partial charge in [-0.15, -0.1) is 0 Å². The molecule has 2 rings (SSSR count). The molecule has 8 heteroatoms. The van der Waals surface area contributed by atoms with Crippen molar-refractivity contribution in [1.29, 1.82) is 0 Å². The Balaban J connectivity index is 2.33. The van der Waals surface area contributed by atoms with Gasteiger partial charge < -0.3 is 9.47 Å². The summed E-state index contributed by atoms with van der Waals surface area (Å²) in [7, 11) is -4.43. The van der Waals surface area contributed by atoms with Gasteiger partial charge in [-0.1, -0.05) is 19.4 Å². The van der Waals surface area contributed by atoms with Gasteiger partial charge in [0.1, 0.15) is 0 Å². The van der Waals surface area contributed by atoms with Gasteiger partial charge in [0.05, 0.1) is 17.1 Å². The van der Waals surface area contributed by atoms with E-state index in [-0.39, 0.29) is 18.6 Å². The summed E-state index contributed by atoms with van der Waals surface area (Å²) in [5.41, 5.74) is 0.614. The van der Waals surface area contributed by atoms with Gasteiger partial charge >= 0.3 is 11.9 Å². The number of benzene rings is 1. The molecule has 1 fully saturated rings. The van der Waals surface area contributed by atoms with Crippen LogP contribution in [0, 0.1) is 0 Å². The van der Waals surface area contributed by atoms with Crippen molar-refractivity contribution in [3.05, 3.63) is 29.3 Å². The normalized spacial score (nSPS) is 18.1. The van der Waals surface area contributed by atoms with E-state index in [0.717, 1.165) is 12.5 Å². The number of cyclic esters (lactones) is 1. The van der Waals surface area contributed by atoms with Crippen LogP contribution in [0.25, 0.3) is 0 Å². The van der Waals surface area contributed by atoms with Crippen LogP contribution < -0.4 is 0 Å². The highest BCUT2D eigenvalue weighted by atomic mass is 32.2. The van der Waals surface area contributed by atoms with Crippen LogP contribution in [0.5, 0.6) is 0 Å². The monoisotopic (exact) mass is 328 g/mol. The Morgan fingerprint density at radius 2 is 2.18 bits per heavy atom. The predicted octanol–water partition coefficient (Wildman–Crippen LogP) is 1.36. The molecule has 22 heavy (non-hydrogen) atoms. The standard InChI is InChI=1S/C14H16O7S/c1-2-3-9-4-5-10(22(17,18)19)8-11(9)13(15)21-12-6-7-20-14(12)16/h4-5,8,12H,2-3,6-7H2,1H3,(H,17,18,19). The molecule has 0 bridgehead atoms. The smallest absolute Gasteiger partial charge is 0.347 e. The first-order valence-electron chi connectivity index (χ1n) is 6.81. The third-order valence-corrected chi connectivity index (χ3v) is 4.10. The molecule has 1 N–H and O–H groups in total. The third kappa shape index (κ3) is 3.63. The largest absolute Gasteiger partial charge is 0.463 e. The second-order valence-electron chi connectivity index (χ2n) is 4.89. The van der Waals surface area contributed by atoms with Crippen molar-refractivity contribution >= 4 is 22.1 Å². The van der Waals surface area contributed by atoms with Crippen LogP contribution in [0.4, 0.5) is 0 Å². The molecule has 0 amide bonds. The molecular weight excluding hydrogens is 312 g/mol. The summed E-state index contributed by atoms with van der Waals surface area (Å²) in [6.07, 6.45) is 0.560. The first-order chi connectivity index (χ1) is 10.3. The van der Waals surface area contributed by atoms with Crippen molar-refractivity contribution in [1.82, 2.24) is 0 Å². The second-order valence-corrected chi connectivity index (χ2v) is 6.32. The van der Waals surface area contributed by atoms with Gasteiger partial charge in [-0.05, 0) is 24.1 Å². The van der Waals surface area contributed by atoms with Crippen LogP contribution in [-0.4, -0.2) is 37.6 Å². The summed E-state index contributed by atoms with van der Waals surface area (Å²) in [5.74, 6) is -1.42. The van der Waals surface area contributed by atoms with Gasteiger partial charge in [0.2, 0.25) is 6.10 Å². The first kappa shape index (κ1) is 16.4. The number of carbonyl (C=O) groups excluding carboxylic acids is 2. The van der Waals surface area contributed by atoms with E-state index in [9.17, 15) is 18.0 Å². The quantitative estimate of drug-likeness (QED) is 0.642. The molecule has 7 nitrogen and oxygen atoms in total. The summed E-state index contributed by atoms with van der Waals surface area (Å²) in [6, 6.07) is 3.74. The summed E-state index contributed by atoms with van der Waals surface area (Å²) >= 11 is 0. The highest BCUT2D eigenvalue weighted by molar-refractivity contribution is 7.85. The third-order valence-electron chi connectivity index (χ3n) is 3.25. The second kappa shape index (κ2) is 6.45. The fourth-order valence-electron chi connectivity index (χ4n) is 2.17. The Hall–Kier alpha value is -1.93. The lowest BCUT2D eigenvalue weighted by atomic mass is 10.0. The number of hydrogen-bond acceptors (Lipinski definition) is 6. The highest BCUT2D eigenvalue weighted by Gasteiger charge is 2.31. The van der Waals surface area contributed by atoms with Crippen LogP contribution >= 0.6 is 0 Å². The minimum absolute atomic E-state index is 0.0247. The maximum Gasteiger partial charge on any atom is 0.347 e. The molecule has 0 spiro atoms. The lowest BCUT2D eigenvalue weighted by molar-refractivity contribution is -0.145. The number of aryl methyl sites for hydroxylation is 1. The number of carbonyl (C=O) groups is 2. The van der Waals surface area contributed by atoms with Crippen molar-refractivity contribution in [3.8, 4) is 0 Å². The minimum Gasteiger partial charge on any atom is -0.463 e. The number of rotatable bonds is 5. The van der Waals surface area contributed by atoms with Crippen LogP contribution in [0.2, 0.25) is 0 Å². The molecular formula is C14H16O7S. The van der Waals surface area contributed by atoms with Crippen LogP contribution in [0.3, 0.4) is 0 Å². The van der Waals surface area contributed by atoms with E-state index in [4.69, 9.17) is 14.0 Å². The summed E-state index contributed by atoms with van der Waals surface area (Å²) in [5, 5.41) is 0. The Labute approximate surface area is 128 Å². The van der Waals surface area contributed by atoms with Gasteiger partial charge in [-0.25, -0.2) is 9.59 Å². The van der Waals surface area contributed by atoms with Gasteiger partial charge in [-0.2, -0.15) is 8.42 Å². The van der Waals surface area contributed by atoms with E-state index in [1.165, 1.54) is 12.1 Å². The fraction of sp³-hybridized carbons (Fsp3) is 0.429. The maximum atomic E-state index is 12.2. The SMILES string of the molecule is CCCc1ccc(S(=O)(=O)O)cc1C(=O)OC1CCOC1=O. The average molecular weight is 328 g/mol. The summed E-state index contributed by atoms with van der Waals surface area (Å²) < 4.78 is 41.3. The molecule has 1 aliphatic rings. The van der Waals surface area contributed by atoms with Crippen molar-refractivity contribution in [2.45, 2.75) is 37.2 Å². The Morgan fingerprint density at radius 1 is 1.45 bits per heavy atom. The molecule has 1 heterocycles. The zero-order valence-electron chi connectivity index (χ0n) is 11.9. The van der Waals surface area contributed by atoms with E-state index < -0.39 is 33.1 Å². The summed E-state index contributed by atoms with van der Waals surface area (Å²) in [6.45, 7) is 2.09. The molecule has 0 radical (unpaired) electrons. The van der Waals surface area contributed by atoms with E-state index in [1.807, 2.05) is 6.92 Å². The van der Waals surface area contributed by atoms with E-state index in [1.54, 1.807) is 0 Å². The van der Waals surface area contributed by atoms with Gasteiger partial charge in [-0.3, -0.25) is 4.55 Å². The lowest BCUT2D eigenvalue weighted by Gasteiger charge is -2.12. The van der Waals surface area contributed by atoms with Crippen molar-refractivity contribution in [2.75, 3.05) is 6.61 Å². The number of ether oxygens (including phenoxy) is 2. The number of esters is 2. The molecule has 0 aromatic heterocycles. The number of hydrogen-bond donors (Lipinski definition) is 1. The minimum atomic E-state index is -4.43. The van der Waals surface area contributed by atoms with Gasteiger partial charge in [0.15, 0.2) is 0 Å². The highest BCUT2D eigenvalue weighted by Crippen LogP contribution is 2.21. The molecule has 1 saturated heterocycles. The topological polar surface area (TPSA) is 107 Å². The Kier molecular flexibility index (Phi) is 4.82. The predicted molar refractivity (Wildman–Crippen MR) is 75.0 cm³/mol. The lowest BCUT2D eigenvalue weighted by Crippen LogP contribution is -2.23. The van der Waals surface area contributed by atoms with Crippen LogP contribution in [0.1, 0.15) is 35.7 Å². The van der Waals surface area contributed by atoms with Crippen molar-refractivity contribution in [3.63, 3.8) is 0 Å². The van der Waals surface area contributed by atoms with Gasteiger partial charge in [0.25, 0.3) is 10.1 Å². The maximum absolute atomic E-state index is 12.2. The van der Waals surface area contributed by atoms with E-state index in [2.05, 4.69) is 0 Å². The van der Waals surface area contributed by atoms with E-state index >= 15 is 0 Å². The van der Waals surface area contributed by atoms with Gasteiger partial charge in [0, 0.05) is 6.42 Å². The molecule has 120 valence electrons.